The maximum Gasteiger partial charge on any atom is 0.164 e. The summed E-state index contributed by atoms with van der Waals surface area (Å²) in [6.45, 7) is 4.99. The minimum Gasteiger partial charge on any atom is -0.310 e. The van der Waals surface area contributed by atoms with Gasteiger partial charge in [0.1, 0.15) is 5.82 Å². The van der Waals surface area contributed by atoms with Crippen LogP contribution in [-0.4, -0.2) is 14.8 Å². The average molecular weight is 284 g/mol. The molecule has 96 valence electrons. The van der Waals surface area contributed by atoms with Crippen LogP contribution in [0.2, 0.25) is 5.02 Å². The summed E-state index contributed by atoms with van der Waals surface area (Å²) >= 11 is 12.0. The van der Waals surface area contributed by atoms with Crippen molar-refractivity contribution < 1.29 is 0 Å². The van der Waals surface area contributed by atoms with Gasteiger partial charge in [-0.1, -0.05) is 18.5 Å². The first-order valence-corrected chi connectivity index (χ1v) is 6.82. The summed E-state index contributed by atoms with van der Waals surface area (Å²) in [5, 5.41) is 9.07. The molecule has 0 aliphatic carbocycles. The van der Waals surface area contributed by atoms with E-state index in [0.29, 0.717) is 10.9 Å². The number of alkyl halides is 1. The minimum absolute atomic E-state index is 0.368. The largest absolute Gasteiger partial charge is 0.310 e. The predicted octanol–water partition coefficient (Wildman–Crippen LogP) is 4.06. The van der Waals surface area contributed by atoms with Gasteiger partial charge < -0.3 is 4.57 Å². The lowest BCUT2D eigenvalue weighted by Crippen LogP contribution is -2.04. The molecule has 3 nitrogen and oxygen atoms in total. The van der Waals surface area contributed by atoms with Crippen molar-refractivity contribution >= 4 is 23.2 Å². The highest BCUT2D eigenvalue weighted by atomic mass is 35.5. The molecule has 0 amide bonds. The molecule has 1 aromatic heterocycles. The van der Waals surface area contributed by atoms with E-state index in [0.717, 1.165) is 35.7 Å². The molecule has 0 aliphatic rings. The van der Waals surface area contributed by atoms with Gasteiger partial charge >= 0.3 is 0 Å². The molecule has 0 unspecified atom stereocenters. The Morgan fingerprint density at radius 1 is 1.22 bits per heavy atom. The van der Waals surface area contributed by atoms with Gasteiger partial charge in [-0.15, -0.1) is 21.8 Å². The van der Waals surface area contributed by atoms with E-state index >= 15 is 0 Å². The minimum atomic E-state index is 0.368. The van der Waals surface area contributed by atoms with Crippen LogP contribution in [0, 0.1) is 6.92 Å². The fraction of sp³-hybridized carbons (Fsp3) is 0.385. The molecule has 0 aliphatic heterocycles. The third-order valence-electron chi connectivity index (χ3n) is 2.69. The molecule has 2 aromatic rings. The van der Waals surface area contributed by atoms with Gasteiger partial charge in [-0.25, -0.2) is 0 Å². The van der Waals surface area contributed by atoms with Gasteiger partial charge in [0.15, 0.2) is 5.82 Å². The van der Waals surface area contributed by atoms with E-state index < -0.39 is 0 Å². The zero-order chi connectivity index (χ0) is 13.1. The number of aryl methyl sites for hydroxylation is 1. The quantitative estimate of drug-likeness (QED) is 0.793. The SMILES string of the molecule is CCCn1c(CCl)nnc1-c1cc(C)cc(Cl)c1. The number of rotatable bonds is 4. The van der Waals surface area contributed by atoms with Crippen molar-refractivity contribution in [1.82, 2.24) is 14.8 Å². The Morgan fingerprint density at radius 2 is 2.00 bits per heavy atom. The van der Waals surface area contributed by atoms with E-state index in [9.17, 15) is 0 Å². The molecule has 1 heterocycles. The van der Waals surface area contributed by atoms with Crippen LogP contribution in [0.15, 0.2) is 18.2 Å². The summed E-state index contributed by atoms with van der Waals surface area (Å²) in [5.41, 5.74) is 2.09. The Bertz CT molecular complexity index is 529. The summed E-state index contributed by atoms with van der Waals surface area (Å²) in [6.07, 6.45) is 1.01. The Hall–Kier alpha value is -1.06. The zero-order valence-electron chi connectivity index (χ0n) is 10.5. The second-order valence-electron chi connectivity index (χ2n) is 4.24. The fourth-order valence-electron chi connectivity index (χ4n) is 1.97. The van der Waals surface area contributed by atoms with Gasteiger partial charge in [0.2, 0.25) is 0 Å². The van der Waals surface area contributed by atoms with Crippen molar-refractivity contribution in [2.75, 3.05) is 0 Å². The van der Waals surface area contributed by atoms with Crippen molar-refractivity contribution in [2.24, 2.45) is 0 Å². The fourth-order valence-corrected chi connectivity index (χ4v) is 2.46. The molecular formula is C13H15Cl2N3. The van der Waals surface area contributed by atoms with E-state index in [4.69, 9.17) is 23.2 Å². The topological polar surface area (TPSA) is 30.7 Å². The van der Waals surface area contributed by atoms with Crippen LogP contribution >= 0.6 is 23.2 Å². The van der Waals surface area contributed by atoms with Crippen molar-refractivity contribution in [2.45, 2.75) is 32.7 Å². The van der Waals surface area contributed by atoms with Crippen LogP contribution in [0.5, 0.6) is 0 Å². The van der Waals surface area contributed by atoms with E-state index in [2.05, 4.69) is 27.8 Å². The molecule has 0 saturated heterocycles. The van der Waals surface area contributed by atoms with E-state index in [-0.39, 0.29) is 0 Å². The lowest BCUT2D eigenvalue weighted by Gasteiger charge is -2.08. The summed E-state index contributed by atoms with van der Waals surface area (Å²) in [6, 6.07) is 5.89. The van der Waals surface area contributed by atoms with Gasteiger partial charge in [-0.3, -0.25) is 0 Å². The first-order chi connectivity index (χ1) is 8.65. The van der Waals surface area contributed by atoms with Crippen LogP contribution in [0.3, 0.4) is 0 Å². The van der Waals surface area contributed by atoms with E-state index in [1.165, 1.54) is 0 Å². The van der Waals surface area contributed by atoms with Gasteiger partial charge in [0, 0.05) is 17.1 Å². The highest BCUT2D eigenvalue weighted by Crippen LogP contribution is 2.24. The maximum absolute atomic E-state index is 6.09. The molecule has 18 heavy (non-hydrogen) atoms. The Morgan fingerprint density at radius 3 is 2.61 bits per heavy atom. The van der Waals surface area contributed by atoms with Crippen LogP contribution in [0.4, 0.5) is 0 Å². The molecule has 0 saturated carbocycles. The highest BCUT2D eigenvalue weighted by Gasteiger charge is 2.13. The second kappa shape index (κ2) is 5.72. The Labute approximate surface area is 117 Å². The molecule has 1 aromatic carbocycles. The summed E-state index contributed by atoms with van der Waals surface area (Å²) in [4.78, 5) is 0. The third-order valence-corrected chi connectivity index (χ3v) is 3.15. The predicted molar refractivity (Wildman–Crippen MR) is 75.1 cm³/mol. The van der Waals surface area contributed by atoms with Crippen LogP contribution in [-0.2, 0) is 12.4 Å². The lowest BCUT2D eigenvalue weighted by atomic mass is 10.1. The number of hydrogen-bond acceptors (Lipinski definition) is 2. The molecular weight excluding hydrogens is 269 g/mol. The molecule has 0 atom stereocenters. The number of aromatic nitrogens is 3. The number of nitrogens with zero attached hydrogens (tertiary/aromatic N) is 3. The van der Waals surface area contributed by atoms with Gasteiger partial charge in [-0.05, 0) is 37.1 Å². The molecule has 0 radical (unpaired) electrons. The first-order valence-electron chi connectivity index (χ1n) is 5.91. The average Bonchev–Trinajstić information content (AvgIpc) is 2.71. The Balaban J connectivity index is 2.52. The van der Waals surface area contributed by atoms with Crippen molar-refractivity contribution in [3.8, 4) is 11.4 Å². The maximum atomic E-state index is 6.09. The summed E-state index contributed by atoms with van der Waals surface area (Å²) < 4.78 is 2.05. The first kappa shape index (κ1) is 13.4. The molecule has 0 spiro atoms. The zero-order valence-corrected chi connectivity index (χ0v) is 12.0. The number of hydrogen-bond donors (Lipinski definition) is 0. The third kappa shape index (κ3) is 2.68. The molecule has 0 fully saturated rings. The standard InChI is InChI=1S/C13H15Cl2N3/c1-3-4-18-12(8-14)16-17-13(18)10-5-9(2)6-11(15)7-10/h5-7H,3-4,8H2,1-2H3. The summed E-state index contributed by atoms with van der Waals surface area (Å²) in [7, 11) is 0. The van der Waals surface area contributed by atoms with Gasteiger partial charge in [0.05, 0.1) is 5.88 Å². The molecule has 0 bridgehead atoms. The lowest BCUT2D eigenvalue weighted by molar-refractivity contribution is 0.659. The van der Waals surface area contributed by atoms with Crippen LogP contribution < -0.4 is 0 Å². The smallest absolute Gasteiger partial charge is 0.164 e. The second-order valence-corrected chi connectivity index (χ2v) is 4.95. The van der Waals surface area contributed by atoms with Crippen LogP contribution in [0.1, 0.15) is 24.7 Å². The number of benzene rings is 1. The Kier molecular flexibility index (Phi) is 4.25. The highest BCUT2D eigenvalue weighted by molar-refractivity contribution is 6.30. The molecule has 2 rings (SSSR count). The van der Waals surface area contributed by atoms with E-state index in [1.54, 1.807) is 0 Å². The van der Waals surface area contributed by atoms with E-state index in [1.807, 2.05) is 19.1 Å². The normalized spacial score (nSPS) is 10.9. The monoisotopic (exact) mass is 283 g/mol. The van der Waals surface area contributed by atoms with Crippen molar-refractivity contribution in [3.63, 3.8) is 0 Å². The molecule has 0 N–H and O–H groups in total. The van der Waals surface area contributed by atoms with Crippen molar-refractivity contribution in [1.29, 1.82) is 0 Å². The number of halogens is 2. The molecule has 5 heteroatoms. The van der Waals surface area contributed by atoms with Gasteiger partial charge in [-0.2, -0.15) is 0 Å². The van der Waals surface area contributed by atoms with Gasteiger partial charge in [0.25, 0.3) is 0 Å². The summed E-state index contributed by atoms with van der Waals surface area (Å²) in [5.74, 6) is 2.00. The van der Waals surface area contributed by atoms with Crippen molar-refractivity contribution in [3.05, 3.63) is 34.6 Å². The van der Waals surface area contributed by atoms with Crippen LogP contribution in [0.25, 0.3) is 11.4 Å².